The van der Waals surface area contributed by atoms with Crippen molar-refractivity contribution in [1.29, 1.82) is 0 Å². The highest BCUT2D eigenvalue weighted by atomic mass is 32.2. The van der Waals surface area contributed by atoms with E-state index < -0.39 is 0 Å². The summed E-state index contributed by atoms with van der Waals surface area (Å²) in [6, 6.07) is 0. The SMILES string of the molecule is CCCn1ccnc1C(=O)C1CCCS1. The largest absolute Gasteiger partial charge is 0.329 e. The highest BCUT2D eigenvalue weighted by molar-refractivity contribution is 8.00. The lowest BCUT2D eigenvalue weighted by Gasteiger charge is -2.09. The van der Waals surface area contributed by atoms with Crippen LogP contribution < -0.4 is 0 Å². The summed E-state index contributed by atoms with van der Waals surface area (Å²) < 4.78 is 1.97. The molecule has 1 saturated heterocycles. The number of hydrogen-bond acceptors (Lipinski definition) is 3. The van der Waals surface area contributed by atoms with Crippen LogP contribution in [0.25, 0.3) is 0 Å². The third-order valence-electron chi connectivity index (χ3n) is 2.62. The second-order valence-corrected chi connectivity index (χ2v) is 5.12. The van der Waals surface area contributed by atoms with Gasteiger partial charge in [0.15, 0.2) is 5.82 Å². The number of Topliss-reactive ketones (excluding diaryl/α,β-unsaturated/α-hetero) is 1. The molecular formula is C11H16N2OS. The molecule has 1 aliphatic rings. The van der Waals surface area contributed by atoms with E-state index in [-0.39, 0.29) is 11.0 Å². The van der Waals surface area contributed by atoms with Crippen molar-refractivity contribution in [2.45, 2.75) is 38.0 Å². The fourth-order valence-electron chi connectivity index (χ4n) is 1.88. The number of imidazole rings is 1. The van der Waals surface area contributed by atoms with Crippen LogP contribution in [0.3, 0.4) is 0 Å². The van der Waals surface area contributed by atoms with Crippen LogP contribution in [0, 0.1) is 0 Å². The van der Waals surface area contributed by atoms with Gasteiger partial charge in [0.1, 0.15) is 0 Å². The zero-order chi connectivity index (χ0) is 10.7. The Balaban J connectivity index is 2.13. The van der Waals surface area contributed by atoms with E-state index in [2.05, 4.69) is 11.9 Å². The highest BCUT2D eigenvalue weighted by Crippen LogP contribution is 2.28. The van der Waals surface area contributed by atoms with Gasteiger partial charge in [0.25, 0.3) is 0 Å². The Bertz CT molecular complexity index is 342. The summed E-state index contributed by atoms with van der Waals surface area (Å²) in [6.07, 6.45) is 6.84. The van der Waals surface area contributed by atoms with Crippen molar-refractivity contribution >= 4 is 17.5 Å². The third-order valence-corrected chi connectivity index (χ3v) is 4.00. The molecule has 1 aromatic heterocycles. The topological polar surface area (TPSA) is 34.9 Å². The summed E-state index contributed by atoms with van der Waals surface area (Å²) in [5.74, 6) is 1.98. The van der Waals surface area contributed by atoms with E-state index in [1.807, 2.05) is 10.8 Å². The summed E-state index contributed by atoms with van der Waals surface area (Å²) in [4.78, 5) is 16.3. The molecule has 3 nitrogen and oxygen atoms in total. The van der Waals surface area contributed by atoms with Gasteiger partial charge in [-0.3, -0.25) is 4.79 Å². The maximum absolute atomic E-state index is 12.1. The van der Waals surface area contributed by atoms with Crippen LogP contribution in [0.5, 0.6) is 0 Å². The van der Waals surface area contributed by atoms with Gasteiger partial charge in [-0.15, -0.1) is 0 Å². The van der Waals surface area contributed by atoms with Gasteiger partial charge in [-0.1, -0.05) is 6.92 Å². The average Bonchev–Trinajstić information content (AvgIpc) is 2.87. The Morgan fingerprint density at radius 2 is 2.60 bits per heavy atom. The van der Waals surface area contributed by atoms with Crippen molar-refractivity contribution in [3.63, 3.8) is 0 Å². The lowest BCUT2D eigenvalue weighted by molar-refractivity contribution is 0.0974. The van der Waals surface area contributed by atoms with Crippen molar-refractivity contribution in [3.05, 3.63) is 18.2 Å². The minimum absolute atomic E-state index is 0.156. The first-order chi connectivity index (χ1) is 7.33. The van der Waals surface area contributed by atoms with E-state index in [1.54, 1.807) is 18.0 Å². The van der Waals surface area contributed by atoms with Crippen molar-refractivity contribution in [3.8, 4) is 0 Å². The molecule has 1 unspecified atom stereocenters. The van der Waals surface area contributed by atoms with Gasteiger partial charge in [-0.05, 0) is 25.0 Å². The summed E-state index contributed by atoms with van der Waals surface area (Å²) in [5, 5.41) is 0.156. The number of thioether (sulfide) groups is 1. The third kappa shape index (κ3) is 2.25. The molecule has 0 saturated carbocycles. The zero-order valence-electron chi connectivity index (χ0n) is 8.98. The quantitative estimate of drug-likeness (QED) is 0.736. The summed E-state index contributed by atoms with van der Waals surface area (Å²) >= 11 is 1.77. The first-order valence-corrected chi connectivity index (χ1v) is 6.54. The number of aromatic nitrogens is 2. The second-order valence-electron chi connectivity index (χ2n) is 3.81. The fourth-order valence-corrected chi connectivity index (χ4v) is 3.09. The molecule has 0 spiro atoms. The van der Waals surface area contributed by atoms with E-state index >= 15 is 0 Å². The molecule has 1 aromatic rings. The van der Waals surface area contributed by atoms with Gasteiger partial charge >= 0.3 is 0 Å². The molecule has 2 rings (SSSR count). The summed E-state index contributed by atoms with van der Waals surface area (Å²) in [6.45, 7) is 3.00. The van der Waals surface area contributed by atoms with Gasteiger partial charge in [-0.2, -0.15) is 11.8 Å². The van der Waals surface area contributed by atoms with E-state index in [0.717, 1.165) is 31.6 Å². The van der Waals surface area contributed by atoms with E-state index in [0.29, 0.717) is 5.82 Å². The lowest BCUT2D eigenvalue weighted by atomic mass is 10.2. The van der Waals surface area contributed by atoms with Crippen molar-refractivity contribution in [1.82, 2.24) is 9.55 Å². The van der Waals surface area contributed by atoms with Crippen LogP contribution in [0.15, 0.2) is 12.4 Å². The second kappa shape index (κ2) is 4.84. The molecule has 82 valence electrons. The number of rotatable bonds is 4. The average molecular weight is 224 g/mol. The predicted molar refractivity (Wildman–Crippen MR) is 62.3 cm³/mol. The molecule has 15 heavy (non-hydrogen) atoms. The van der Waals surface area contributed by atoms with Crippen molar-refractivity contribution < 1.29 is 4.79 Å². The van der Waals surface area contributed by atoms with Gasteiger partial charge in [0, 0.05) is 18.9 Å². The van der Waals surface area contributed by atoms with Crippen LogP contribution in [-0.4, -0.2) is 26.3 Å². The number of hydrogen-bond donors (Lipinski definition) is 0. The Hall–Kier alpha value is -0.770. The molecule has 0 aromatic carbocycles. The molecule has 4 heteroatoms. The van der Waals surface area contributed by atoms with E-state index in [4.69, 9.17) is 0 Å². The molecule has 0 bridgehead atoms. The Kier molecular flexibility index (Phi) is 3.46. The number of ketones is 1. The summed E-state index contributed by atoms with van der Waals surface area (Å²) in [5.41, 5.74) is 0. The minimum Gasteiger partial charge on any atom is -0.329 e. The minimum atomic E-state index is 0.156. The normalized spacial score (nSPS) is 20.7. The van der Waals surface area contributed by atoms with Crippen LogP contribution in [-0.2, 0) is 6.54 Å². The van der Waals surface area contributed by atoms with Gasteiger partial charge in [0.05, 0.1) is 5.25 Å². The van der Waals surface area contributed by atoms with Crippen LogP contribution in [0.2, 0.25) is 0 Å². The highest BCUT2D eigenvalue weighted by Gasteiger charge is 2.27. The number of aryl methyl sites for hydroxylation is 1. The molecule has 0 amide bonds. The van der Waals surface area contributed by atoms with E-state index in [9.17, 15) is 4.79 Å². The zero-order valence-corrected chi connectivity index (χ0v) is 9.80. The van der Waals surface area contributed by atoms with Crippen molar-refractivity contribution in [2.75, 3.05) is 5.75 Å². The predicted octanol–water partition coefficient (Wildman–Crippen LogP) is 2.37. The molecule has 1 aliphatic heterocycles. The van der Waals surface area contributed by atoms with E-state index in [1.165, 1.54) is 0 Å². The molecule has 1 atom stereocenters. The Labute approximate surface area is 94.3 Å². The first kappa shape index (κ1) is 10.7. The van der Waals surface area contributed by atoms with Gasteiger partial charge in [-0.25, -0.2) is 4.98 Å². The van der Waals surface area contributed by atoms with Crippen LogP contribution >= 0.6 is 11.8 Å². The smallest absolute Gasteiger partial charge is 0.211 e. The number of nitrogens with zero attached hydrogens (tertiary/aromatic N) is 2. The standard InChI is InChI=1S/C11H16N2OS/c1-2-6-13-7-5-12-11(13)10(14)9-4-3-8-15-9/h5,7,9H,2-4,6,8H2,1H3. The molecule has 0 radical (unpaired) electrons. The van der Waals surface area contributed by atoms with Crippen molar-refractivity contribution in [2.24, 2.45) is 0 Å². The molecule has 0 aliphatic carbocycles. The van der Waals surface area contributed by atoms with Crippen LogP contribution in [0.1, 0.15) is 36.8 Å². The number of carbonyl (C=O) groups excluding carboxylic acids is 1. The first-order valence-electron chi connectivity index (χ1n) is 5.50. The van der Waals surface area contributed by atoms with Gasteiger partial charge < -0.3 is 4.57 Å². The molecule has 2 heterocycles. The number of carbonyl (C=O) groups is 1. The maximum atomic E-state index is 12.1. The van der Waals surface area contributed by atoms with Crippen LogP contribution in [0.4, 0.5) is 0 Å². The molecule has 0 N–H and O–H groups in total. The molecular weight excluding hydrogens is 208 g/mol. The Morgan fingerprint density at radius 3 is 3.27 bits per heavy atom. The maximum Gasteiger partial charge on any atom is 0.211 e. The summed E-state index contributed by atoms with van der Waals surface area (Å²) in [7, 11) is 0. The monoisotopic (exact) mass is 224 g/mol. The van der Waals surface area contributed by atoms with Gasteiger partial charge in [0.2, 0.25) is 5.78 Å². The lowest BCUT2D eigenvalue weighted by Crippen LogP contribution is -2.19. The Morgan fingerprint density at radius 1 is 1.73 bits per heavy atom. The molecule has 1 fully saturated rings. The fraction of sp³-hybridized carbons (Fsp3) is 0.636.